The third-order valence-electron chi connectivity index (χ3n) is 2.83. The van der Waals surface area contributed by atoms with E-state index in [2.05, 4.69) is 49.3 Å². The Balaban J connectivity index is 2.35. The van der Waals surface area contributed by atoms with Crippen molar-refractivity contribution < 1.29 is 5.11 Å². The number of rotatable bonds is 6. The summed E-state index contributed by atoms with van der Waals surface area (Å²) in [5, 5.41) is 13.4. The van der Waals surface area contributed by atoms with Gasteiger partial charge in [0, 0.05) is 30.1 Å². The first-order valence-electron chi connectivity index (χ1n) is 6.43. The third-order valence-corrected chi connectivity index (χ3v) is 3.50. The van der Waals surface area contributed by atoms with Gasteiger partial charge in [0.2, 0.25) is 5.13 Å². The second-order valence-electron chi connectivity index (χ2n) is 6.53. The van der Waals surface area contributed by atoms with Crippen molar-refractivity contribution in [2.24, 2.45) is 5.41 Å². The standard InChI is InChI=1S/C13H25N3OS/c1-12(2,3)10-15-11(18-16-10)14-8-6-7-13(4,5)9-17/h17H,6-9H2,1-5H3,(H,14,15,16). The van der Waals surface area contributed by atoms with E-state index in [1.165, 1.54) is 11.5 Å². The highest BCUT2D eigenvalue weighted by molar-refractivity contribution is 7.09. The molecule has 0 fully saturated rings. The fourth-order valence-corrected chi connectivity index (χ4v) is 2.22. The highest BCUT2D eigenvalue weighted by atomic mass is 32.1. The molecule has 2 N–H and O–H groups in total. The lowest BCUT2D eigenvalue weighted by molar-refractivity contribution is 0.149. The molecule has 0 bridgehead atoms. The Hall–Kier alpha value is -0.680. The van der Waals surface area contributed by atoms with E-state index in [-0.39, 0.29) is 17.4 Å². The average Bonchev–Trinajstić information content (AvgIpc) is 2.73. The summed E-state index contributed by atoms with van der Waals surface area (Å²) in [6, 6.07) is 0. The summed E-state index contributed by atoms with van der Waals surface area (Å²) in [4.78, 5) is 4.48. The number of aliphatic hydroxyl groups excluding tert-OH is 1. The van der Waals surface area contributed by atoms with Crippen LogP contribution in [0.15, 0.2) is 0 Å². The van der Waals surface area contributed by atoms with E-state index < -0.39 is 0 Å². The van der Waals surface area contributed by atoms with Crippen molar-refractivity contribution in [3.63, 3.8) is 0 Å². The molecule has 4 nitrogen and oxygen atoms in total. The predicted molar refractivity (Wildman–Crippen MR) is 77.2 cm³/mol. The molecular formula is C13H25N3OS. The third kappa shape index (κ3) is 4.90. The molecule has 18 heavy (non-hydrogen) atoms. The normalized spacial score (nSPS) is 12.8. The molecule has 0 amide bonds. The Morgan fingerprint density at radius 1 is 1.22 bits per heavy atom. The number of hydrogen-bond acceptors (Lipinski definition) is 5. The van der Waals surface area contributed by atoms with Crippen LogP contribution in [0.4, 0.5) is 5.13 Å². The molecule has 1 aromatic rings. The zero-order chi connectivity index (χ0) is 13.8. The van der Waals surface area contributed by atoms with Gasteiger partial charge in [-0.1, -0.05) is 34.6 Å². The van der Waals surface area contributed by atoms with Gasteiger partial charge in [0.15, 0.2) is 0 Å². The molecule has 0 aliphatic heterocycles. The van der Waals surface area contributed by atoms with Crippen LogP contribution >= 0.6 is 11.5 Å². The van der Waals surface area contributed by atoms with Crippen molar-refractivity contribution in [3.05, 3.63) is 5.82 Å². The maximum absolute atomic E-state index is 9.16. The quantitative estimate of drug-likeness (QED) is 0.781. The summed E-state index contributed by atoms with van der Waals surface area (Å²) in [5.74, 6) is 0.894. The maximum atomic E-state index is 9.16. The number of hydrogen-bond donors (Lipinski definition) is 2. The van der Waals surface area contributed by atoms with Gasteiger partial charge in [-0.2, -0.15) is 4.37 Å². The van der Waals surface area contributed by atoms with Gasteiger partial charge in [0.25, 0.3) is 0 Å². The second-order valence-corrected chi connectivity index (χ2v) is 7.28. The van der Waals surface area contributed by atoms with Crippen molar-refractivity contribution in [1.29, 1.82) is 0 Å². The zero-order valence-electron chi connectivity index (χ0n) is 12.1. The van der Waals surface area contributed by atoms with Crippen molar-refractivity contribution in [3.8, 4) is 0 Å². The van der Waals surface area contributed by atoms with Crippen molar-refractivity contribution in [2.75, 3.05) is 18.5 Å². The number of anilines is 1. The first-order chi connectivity index (χ1) is 8.24. The van der Waals surface area contributed by atoms with E-state index in [9.17, 15) is 0 Å². The molecule has 5 heteroatoms. The number of aliphatic hydroxyl groups is 1. The van der Waals surface area contributed by atoms with E-state index in [4.69, 9.17) is 5.11 Å². The Morgan fingerprint density at radius 3 is 2.39 bits per heavy atom. The van der Waals surface area contributed by atoms with Gasteiger partial charge in [-0.3, -0.25) is 0 Å². The van der Waals surface area contributed by atoms with E-state index in [1.807, 2.05) is 0 Å². The van der Waals surface area contributed by atoms with Crippen LogP contribution in [0.5, 0.6) is 0 Å². The molecule has 0 unspecified atom stereocenters. The molecule has 1 aromatic heterocycles. The van der Waals surface area contributed by atoms with E-state index in [0.29, 0.717) is 0 Å². The van der Waals surface area contributed by atoms with Crippen molar-refractivity contribution in [1.82, 2.24) is 9.36 Å². The molecule has 0 atom stereocenters. The van der Waals surface area contributed by atoms with Gasteiger partial charge >= 0.3 is 0 Å². The Labute approximate surface area is 114 Å². The highest BCUT2D eigenvalue weighted by Crippen LogP contribution is 2.24. The number of aromatic nitrogens is 2. The molecule has 0 aliphatic carbocycles. The van der Waals surface area contributed by atoms with Gasteiger partial charge in [-0.25, -0.2) is 4.98 Å². The Morgan fingerprint density at radius 2 is 1.89 bits per heavy atom. The molecule has 0 saturated heterocycles. The summed E-state index contributed by atoms with van der Waals surface area (Å²) in [5.41, 5.74) is 0.0225. The maximum Gasteiger partial charge on any atom is 0.202 e. The SMILES string of the molecule is CC(C)(CO)CCCNc1nc(C(C)(C)C)ns1. The lowest BCUT2D eigenvalue weighted by Gasteiger charge is -2.21. The van der Waals surface area contributed by atoms with Gasteiger partial charge in [-0.05, 0) is 18.3 Å². The average molecular weight is 271 g/mol. The van der Waals surface area contributed by atoms with E-state index in [0.717, 1.165) is 30.3 Å². The van der Waals surface area contributed by atoms with Crippen LogP contribution in [-0.4, -0.2) is 27.6 Å². The minimum Gasteiger partial charge on any atom is -0.396 e. The molecule has 1 rings (SSSR count). The molecule has 0 radical (unpaired) electrons. The van der Waals surface area contributed by atoms with Crippen LogP contribution in [0, 0.1) is 5.41 Å². The topological polar surface area (TPSA) is 58.0 Å². The zero-order valence-corrected chi connectivity index (χ0v) is 12.9. The lowest BCUT2D eigenvalue weighted by atomic mass is 9.89. The summed E-state index contributed by atoms with van der Waals surface area (Å²) in [6.45, 7) is 11.6. The van der Waals surface area contributed by atoms with E-state index >= 15 is 0 Å². The van der Waals surface area contributed by atoms with Gasteiger partial charge in [-0.15, -0.1) is 0 Å². The summed E-state index contributed by atoms with van der Waals surface area (Å²) >= 11 is 1.42. The molecular weight excluding hydrogens is 246 g/mol. The van der Waals surface area contributed by atoms with Crippen LogP contribution in [0.2, 0.25) is 0 Å². The summed E-state index contributed by atoms with van der Waals surface area (Å²) in [6.07, 6.45) is 2.03. The second kappa shape index (κ2) is 5.97. The van der Waals surface area contributed by atoms with Gasteiger partial charge in [0.05, 0.1) is 0 Å². The predicted octanol–water partition coefficient (Wildman–Crippen LogP) is 3.05. The number of nitrogens with zero attached hydrogens (tertiary/aromatic N) is 2. The highest BCUT2D eigenvalue weighted by Gasteiger charge is 2.19. The molecule has 104 valence electrons. The number of nitrogens with one attached hydrogen (secondary N) is 1. The summed E-state index contributed by atoms with van der Waals surface area (Å²) < 4.78 is 4.36. The monoisotopic (exact) mass is 271 g/mol. The largest absolute Gasteiger partial charge is 0.396 e. The molecule has 0 aromatic carbocycles. The van der Waals surface area contributed by atoms with Gasteiger partial charge in [0.1, 0.15) is 5.82 Å². The lowest BCUT2D eigenvalue weighted by Crippen LogP contribution is -2.18. The first-order valence-corrected chi connectivity index (χ1v) is 7.21. The van der Waals surface area contributed by atoms with Crippen LogP contribution in [0.3, 0.4) is 0 Å². The van der Waals surface area contributed by atoms with Crippen LogP contribution in [0.25, 0.3) is 0 Å². The first kappa shape index (κ1) is 15.4. The fraction of sp³-hybridized carbons (Fsp3) is 0.846. The molecule has 1 heterocycles. The van der Waals surface area contributed by atoms with Crippen molar-refractivity contribution >= 4 is 16.7 Å². The smallest absolute Gasteiger partial charge is 0.202 e. The van der Waals surface area contributed by atoms with E-state index in [1.54, 1.807) is 0 Å². The van der Waals surface area contributed by atoms with Gasteiger partial charge < -0.3 is 10.4 Å². The Bertz CT molecular complexity index is 369. The minimum absolute atomic E-state index is 0.00924. The molecule has 0 spiro atoms. The van der Waals surface area contributed by atoms with Crippen LogP contribution in [-0.2, 0) is 5.41 Å². The fourth-order valence-electron chi connectivity index (χ4n) is 1.44. The minimum atomic E-state index is 0.00924. The molecule has 0 saturated carbocycles. The Kier molecular flexibility index (Phi) is 5.10. The van der Waals surface area contributed by atoms with Crippen LogP contribution in [0.1, 0.15) is 53.3 Å². The summed E-state index contributed by atoms with van der Waals surface area (Å²) in [7, 11) is 0. The van der Waals surface area contributed by atoms with Crippen LogP contribution < -0.4 is 5.32 Å². The molecule has 0 aliphatic rings. The van der Waals surface area contributed by atoms with Crippen molar-refractivity contribution in [2.45, 2.75) is 52.9 Å².